The van der Waals surface area contributed by atoms with Crippen LogP contribution in [0.15, 0.2) is 0 Å². The molecule has 0 spiro atoms. The molecule has 116 valence electrons. The van der Waals surface area contributed by atoms with Gasteiger partial charge in [0.1, 0.15) is 5.54 Å². The van der Waals surface area contributed by atoms with Crippen LogP contribution in [-0.4, -0.2) is 35.7 Å². The molecule has 2 rings (SSSR count). The van der Waals surface area contributed by atoms with Crippen LogP contribution in [0.25, 0.3) is 0 Å². The lowest BCUT2D eigenvalue weighted by Gasteiger charge is -2.30. The van der Waals surface area contributed by atoms with Crippen LogP contribution < -0.4 is 5.32 Å². The van der Waals surface area contributed by atoms with Gasteiger partial charge >= 0.3 is 5.97 Å². The molecular weight excluding hydrogens is 270 g/mol. The van der Waals surface area contributed by atoms with Crippen LogP contribution in [0.1, 0.15) is 58.8 Å². The van der Waals surface area contributed by atoms with Crippen molar-refractivity contribution in [2.75, 3.05) is 13.7 Å². The normalized spacial score (nSPS) is 37.9. The fourth-order valence-electron chi connectivity index (χ4n) is 3.84. The zero-order chi connectivity index (χ0) is 14.6. The van der Waals surface area contributed by atoms with E-state index in [-0.39, 0.29) is 5.97 Å². The van der Waals surface area contributed by atoms with Gasteiger partial charge in [-0.05, 0) is 44.6 Å². The molecule has 2 aliphatic rings. The van der Waals surface area contributed by atoms with Crippen molar-refractivity contribution in [2.45, 2.75) is 74.8 Å². The molecule has 0 radical (unpaired) electrons. The van der Waals surface area contributed by atoms with Crippen molar-refractivity contribution in [3.05, 3.63) is 0 Å². The topological polar surface area (TPSA) is 38.3 Å². The predicted octanol–water partition coefficient (Wildman–Crippen LogP) is 3.37. The van der Waals surface area contributed by atoms with Crippen molar-refractivity contribution in [2.24, 2.45) is 5.92 Å². The molecule has 0 heterocycles. The maximum absolute atomic E-state index is 12.1. The minimum Gasteiger partial charge on any atom is -0.468 e. The molecule has 2 fully saturated rings. The van der Waals surface area contributed by atoms with Gasteiger partial charge in [0.05, 0.1) is 7.11 Å². The Morgan fingerprint density at radius 2 is 2.15 bits per heavy atom. The van der Waals surface area contributed by atoms with Gasteiger partial charge in [0.25, 0.3) is 0 Å². The third kappa shape index (κ3) is 3.70. The number of likely N-dealkylation sites (N-methyl/N-ethyl adjacent to an activating group) is 1. The van der Waals surface area contributed by atoms with Crippen molar-refractivity contribution in [1.29, 1.82) is 0 Å². The quantitative estimate of drug-likeness (QED) is 0.790. The summed E-state index contributed by atoms with van der Waals surface area (Å²) < 4.78 is 5.03. The number of esters is 1. The molecule has 4 atom stereocenters. The third-order valence-electron chi connectivity index (χ3n) is 4.83. The number of nitrogens with one attached hydrogen (secondary N) is 1. The first-order valence-electron chi connectivity index (χ1n) is 8.08. The maximum atomic E-state index is 12.1. The summed E-state index contributed by atoms with van der Waals surface area (Å²) in [6, 6.07) is 0. The lowest BCUT2D eigenvalue weighted by atomic mass is 9.91. The van der Waals surface area contributed by atoms with Crippen LogP contribution in [0.5, 0.6) is 0 Å². The van der Waals surface area contributed by atoms with Crippen molar-refractivity contribution < 1.29 is 9.53 Å². The van der Waals surface area contributed by atoms with Gasteiger partial charge in [0.2, 0.25) is 0 Å². The van der Waals surface area contributed by atoms with Gasteiger partial charge in [0.15, 0.2) is 0 Å². The molecule has 3 nitrogen and oxygen atoms in total. The van der Waals surface area contributed by atoms with Gasteiger partial charge in [-0.3, -0.25) is 4.79 Å². The molecule has 2 aliphatic carbocycles. The molecule has 2 saturated carbocycles. The smallest absolute Gasteiger partial charge is 0.326 e. The van der Waals surface area contributed by atoms with E-state index in [4.69, 9.17) is 4.74 Å². The molecule has 0 aromatic carbocycles. The molecular formula is C16H29NO2S. The highest BCUT2D eigenvalue weighted by Crippen LogP contribution is 2.43. The van der Waals surface area contributed by atoms with E-state index in [0.29, 0.717) is 5.25 Å². The molecule has 4 unspecified atom stereocenters. The second-order valence-electron chi connectivity index (χ2n) is 6.50. The van der Waals surface area contributed by atoms with E-state index >= 15 is 0 Å². The Morgan fingerprint density at radius 1 is 1.35 bits per heavy atom. The molecule has 0 amide bonds. The first-order valence-corrected chi connectivity index (χ1v) is 9.03. The first-order chi connectivity index (χ1) is 9.59. The Hall–Kier alpha value is -0.220. The largest absolute Gasteiger partial charge is 0.468 e. The standard InChI is InChI=1S/C16H29NO2S/c1-4-17-16(15(18)19-3)9-8-14(11-16)20-13-7-5-6-12(2)10-13/h12-14,17H,4-11H2,1-3H3. The molecule has 0 saturated heterocycles. The molecule has 0 aromatic rings. The van der Waals surface area contributed by atoms with Gasteiger partial charge < -0.3 is 10.1 Å². The van der Waals surface area contributed by atoms with Crippen molar-refractivity contribution in [1.82, 2.24) is 5.32 Å². The zero-order valence-electron chi connectivity index (χ0n) is 13.1. The Morgan fingerprint density at radius 3 is 2.80 bits per heavy atom. The van der Waals surface area contributed by atoms with E-state index in [2.05, 4.69) is 30.9 Å². The average Bonchev–Trinajstić information content (AvgIpc) is 2.82. The number of ether oxygens (including phenoxy) is 1. The monoisotopic (exact) mass is 299 g/mol. The zero-order valence-corrected chi connectivity index (χ0v) is 13.9. The molecule has 0 aromatic heterocycles. The average molecular weight is 299 g/mol. The van der Waals surface area contributed by atoms with Crippen LogP contribution in [0.4, 0.5) is 0 Å². The van der Waals surface area contributed by atoms with Crippen LogP contribution in [0.3, 0.4) is 0 Å². The summed E-state index contributed by atoms with van der Waals surface area (Å²) >= 11 is 2.14. The predicted molar refractivity (Wildman–Crippen MR) is 85.1 cm³/mol. The molecule has 20 heavy (non-hydrogen) atoms. The maximum Gasteiger partial charge on any atom is 0.326 e. The number of hydrogen-bond acceptors (Lipinski definition) is 4. The number of carbonyl (C=O) groups is 1. The van der Waals surface area contributed by atoms with Gasteiger partial charge in [-0.15, -0.1) is 0 Å². The summed E-state index contributed by atoms with van der Waals surface area (Å²) in [5, 5.41) is 4.82. The van der Waals surface area contributed by atoms with Crippen molar-refractivity contribution >= 4 is 17.7 Å². The lowest BCUT2D eigenvalue weighted by molar-refractivity contribution is -0.148. The van der Waals surface area contributed by atoms with Gasteiger partial charge in [0, 0.05) is 10.5 Å². The number of thioether (sulfide) groups is 1. The lowest BCUT2D eigenvalue weighted by Crippen LogP contribution is -2.51. The summed E-state index contributed by atoms with van der Waals surface area (Å²) in [6.45, 7) is 5.26. The third-order valence-corrected chi connectivity index (χ3v) is 6.43. The summed E-state index contributed by atoms with van der Waals surface area (Å²) in [4.78, 5) is 12.1. The second-order valence-corrected chi connectivity index (χ2v) is 8.10. The van der Waals surface area contributed by atoms with Crippen LogP contribution in [0, 0.1) is 5.92 Å². The number of hydrogen-bond donors (Lipinski definition) is 1. The molecule has 0 bridgehead atoms. The first kappa shape index (κ1) is 16.2. The van der Waals surface area contributed by atoms with Crippen LogP contribution in [0.2, 0.25) is 0 Å². The van der Waals surface area contributed by atoms with Crippen LogP contribution in [-0.2, 0) is 9.53 Å². The summed E-state index contributed by atoms with van der Waals surface area (Å²) in [5.74, 6) is 0.807. The number of rotatable bonds is 5. The Balaban J connectivity index is 1.91. The Bertz CT molecular complexity index is 336. The van der Waals surface area contributed by atoms with E-state index in [1.165, 1.54) is 32.8 Å². The van der Waals surface area contributed by atoms with E-state index in [0.717, 1.165) is 37.0 Å². The SMILES string of the molecule is CCNC1(C(=O)OC)CCC(SC2CCCC(C)C2)C1. The fraction of sp³-hybridized carbons (Fsp3) is 0.938. The van der Waals surface area contributed by atoms with Crippen molar-refractivity contribution in [3.63, 3.8) is 0 Å². The van der Waals surface area contributed by atoms with E-state index in [1.807, 2.05) is 0 Å². The number of carbonyl (C=O) groups excluding carboxylic acids is 1. The van der Waals surface area contributed by atoms with Crippen LogP contribution >= 0.6 is 11.8 Å². The van der Waals surface area contributed by atoms with E-state index in [1.54, 1.807) is 0 Å². The van der Waals surface area contributed by atoms with E-state index < -0.39 is 5.54 Å². The molecule has 4 heteroatoms. The summed E-state index contributed by atoms with van der Waals surface area (Å²) in [7, 11) is 1.50. The highest BCUT2D eigenvalue weighted by Gasteiger charge is 2.46. The number of methoxy groups -OCH3 is 1. The minimum absolute atomic E-state index is 0.0699. The molecule has 1 N–H and O–H groups in total. The summed E-state index contributed by atoms with van der Waals surface area (Å²) in [5.41, 5.74) is -0.415. The summed E-state index contributed by atoms with van der Waals surface area (Å²) in [6.07, 6.45) is 8.48. The Kier molecular flexibility index (Phi) is 5.79. The highest BCUT2D eigenvalue weighted by atomic mass is 32.2. The Labute approximate surface area is 127 Å². The molecule has 0 aliphatic heterocycles. The van der Waals surface area contributed by atoms with Gasteiger partial charge in [-0.25, -0.2) is 0 Å². The van der Waals surface area contributed by atoms with Gasteiger partial charge in [-0.2, -0.15) is 11.8 Å². The minimum atomic E-state index is -0.415. The highest BCUT2D eigenvalue weighted by molar-refractivity contribution is 8.00. The van der Waals surface area contributed by atoms with Gasteiger partial charge in [-0.1, -0.05) is 26.7 Å². The second kappa shape index (κ2) is 7.17. The van der Waals surface area contributed by atoms with Crippen molar-refractivity contribution in [3.8, 4) is 0 Å². The fourth-order valence-corrected chi connectivity index (χ4v) is 5.76. The van der Waals surface area contributed by atoms with E-state index in [9.17, 15) is 4.79 Å².